The summed E-state index contributed by atoms with van der Waals surface area (Å²) in [7, 11) is 0. The van der Waals surface area contributed by atoms with Crippen LogP contribution in [0.15, 0.2) is 0 Å². The molecule has 0 bridgehead atoms. The van der Waals surface area contributed by atoms with Gasteiger partial charge in [0.1, 0.15) is 6.04 Å². The fraction of sp³-hybridized carbons (Fsp3) is 0.846. The van der Waals surface area contributed by atoms with Gasteiger partial charge in [-0.05, 0) is 32.2 Å². The van der Waals surface area contributed by atoms with Crippen molar-refractivity contribution in [1.29, 1.82) is 0 Å². The Morgan fingerprint density at radius 2 is 1.89 bits per heavy atom. The molecule has 0 heterocycles. The van der Waals surface area contributed by atoms with Gasteiger partial charge in [0.15, 0.2) is 0 Å². The molecule has 0 fully saturated rings. The molecule has 5 nitrogen and oxygen atoms in total. The molecule has 0 aliphatic heterocycles. The molecule has 0 radical (unpaired) electrons. The van der Waals surface area contributed by atoms with E-state index in [4.69, 9.17) is 10.8 Å². The fourth-order valence-corrected chi connectivity index (χ4v) is 1.84. The van der Waals surface area contributed by atoms with Crippen molar-refractivity contribution < 1.29 is 14.7 Å². The highest BCUT2D eigenvalue weighted by molar-refractivity contribution is 5.84. The number of unbranched alkanes of at least 4 members (excludes halogenated alkanes) is 1. The average molecular weight is 258 g/mol. The predicted octanol–water partition coefficient (Wildman–Crippen LogP) is 1.51. The minimum Gasteiger partial charge on any atom is -0.480 e. The summed E-state index contributed by atoms with van der Waals surface area (Å²) in [6.45, 7) is 4.47. The summed E-state index contributed by atoms with van der Waals surface area (Å²) in [6, 6.07) is -0.809. The Morgan fingerprint density at radius 3 is 2.33 bits per heavy atom. The summed E-state index contributed by atoms with van der Waals surface area (Å²) in [5.74, 6) is -1.21. The van der Waals surface area contributed by atoms with Gasteiger partial charge in [0.05, 0.1) is 0 Å². The maximum Gasteiger partial charge on any atom is 0.326 e. The van der Waals surface area contributed by atoms with Crippen LogP contribution in [0.5, 0.6) is 0 Å². The highest BCUT2D eigenvalue weighted by Crippen LogP contribution is 2.13. The minimum atomic E-state index is -0.984. The van der Waals surface area contributed by atoms with E-state index in [1.165, 1.54) is 0 Å². The van der Waals surface area contributed by atoms with E-state index in [1.54, 1.807) is 0 Å². The Hall–Kier alpha value is -1.10. The van der Waals surface area contributed by atoms with Crippen LogP contribution < -0.4 is 11.1 Å². The molecule has 0 aliphatic carbocycles. The van der Waals surface area contributed by atoms with E-state index in [-0.39, 0.29) is 11.8 Å². The molecule has 0 aromatic rings. The second kappa shape index (κ2) is 9.88. The SMILES string of the molecule is CCCCC(CC)C(=O)N[C@@H](CCCN)C(=O)O. The van der Waals surface area contributed by atoms with Crippen LogP contribution in [0.2, 0.25) is 0 Å². The van der Waals surface area contributed by atoms with Gasteiger partial charge < -0.3 is 16.2 Å². The first-order valence-electron chi connectivity index (χ1n) is 6.80. The van der Waals surface area contributed by atoms with Crippen molar-refractivity contribution >= 4 is 11.9 Å². The van der Waals surface area contributed by atoms with Gasteiger partial charge in [-0.25, -0.2) is 4.79 Å². The third-order valence-electron chi connectivity index (χ3n) is 3.08. The molecule has 2 atom stereocenters. The van der Waals surface area contributed by atoms with Crippen LogP contribution in [-0.4, -0.2) is 29.6 Å². The number of amides is 1. The smallest absolute Gasteiger partial charge is 0.326 e. The standard InChI is InChI=1S/C13H26N2O3/c1-3-5-7-10(4-2)12(16)15-11(13(17)18)8-6-9-14/h10-11H,3-9,14H2,1-2H3,(H,15,16)(H,17,18)/t10?,11-/m0/s1. The molecule has 0 aliphatic rings. The quantitative estimate of drug-likeness (QED) is 0.554. The van der Waals surface area contributed by atoms with Gasteiger partial charge in [0, 0.05) is 5.92 Å². The number of carbonyl (C=O) groups excluding carboxylic acids is 1. The predicted molar refractivity (Wildman–Crippen MR) is 71.2 cm³/mol. The van der Waals surface area contributed by atoms with E-state index >= 15 is 0 Å². The van der Waals surface area contributed by atoms with E-state index < -0.39 is 12.0 Å². The number of rotatable bonds is 10. The lowest BCUT2D eigenvalue weighted by atomic mass is 9.97. The van der Waals surface area contributed by atoms with E-state index in [2.05, 4.69) is 12.2 Å². The van der Waals surface area contributed by atoms with Crippen molar-refractivity contribution in [2.45, 2.75) is 58.4 Å². The van der Waals surface area contributed by atoms with Crippen molar-refractivity contribution in [3.8, 4) is 0 Å². The van der Waals surface area contributed by atoms with Gasteiger partial charge in [0.2, 0.25) is 5.91 Å². The van der Waals surface area contributed by atoms with Crippen LogP contribution in [0.4, 0.5) is 0 Å². The van der Waals surface area contributed by atoms with E-state index in [1.807, 2.05) is 6.92 Å². The van der Waals surface area contributed by atoms with Gasteiger partial charge in [-0.1, -0.05) is 26.7 Å². The zero-order chi connectivity index (χ0) is 14.0. The number of hydrogen-bond acceptors (Lipinski definition) is 3. The number of hydrogen-bond donors (Lipinski definition) is 3. The Bertz CT molecular complexity index is 257. The fourth-order valence-electron chi connectivity index (χ4n) is 1.84. The van der Waals surface area contributed by atoms with Gasteiger partial charge in [0.25, 0.3) is 0 Å². The summed E-state index contributed by atoms with van der Waals surface area (Å²) >= 11 is 0. The van der Waals surface area contributed by atoms with Crippen LogP contribution in [0, 0.1) is 5.92 Å². The van der Waals surface area contributed by atoms with Crippen LogP contribution in [0.25, 0.3) is 0 Å². The van der Waals surface area contributed by atoms with E-state index in [0.717, 1.165) is 25.7 Å². The van der Waals surface area contributed by atoms with Crippen molar-refractivity contribution in [3.05, 3.63) is 0 Å². The van der Waals surface area contributed by atoms with Gasteiger partial charge in [-0.3, -0.25) is 4.79 Å². The molecular formula is C13H26N2O3. The number of carboxylic acid groups (broad SMARTS) is 1. The Balaban J connectivity index is 4.32. The van der Waals surface area contributed by atoms with E-state index in [9.17, 15) is 9.59 Å². The maximum absolute atomic E-state index is 12.0. The lowest BCUT2D eigenvalue weighted by molar-refractivity contribution is -0.142. The first-order valence-corrected chi connectivity index (χ1v) is 6.80. The number of carbonyl (C=O) groups is 2. The Kier molecular flexibility index (Phi) is 9.28. The van der Waals surface area contributed by atoms with Gasteiger partial charge >= 0.3 is 5.97 Å². The molecule has 0 rings (SSSR count). The molecule has 0 aromatic carbocycles. The highest BCUT2D eigenvalue weighted by atomic mass is 16.4. The molecule has 0 saturated heterocycles. The van der Waals surface area contributed by atoms with Crippen LogP contribution in [0.3, 0.4) is 0 Å². The van der Waals surface area contributed by atoms with Crippen molar-refractivity contribution in [2.75, 3.05) is 6.54 Å². The zero-order valence-electron chi connectivity index (χ0n) is 11.4. The lowest BCUT2D eigenvalue weighted by Gasteiger charge is -2.19. The lowest BCUT2D eigenvalue weighted by Crippen LogP contribution is -2.43. The molecule has 106 valence electrons. The minimum absolute atomic E-state index is 0.0790. The highest BCUT2D eigenvalue weighted by Gasteiger charge is 2.23. The molecule has 18 heavy (non-hydrogen) atoms. The Labute approximate surface area is 109 Å². The molecule has 1 amide bonds. The van der Waals surface area contributed by atoms with E-state index in [0.29, 0.717) is 19.4 Å². The molecule has 0 saturated carbocycles. The first kappa shape index (κ1) is 16.9. The summed E-state index contributed by atoms with van der Waals surface area (Å²) in [5, 5.41) is 11.6. The third-order valence-corrected chi connectivity index (χ3v) is 3.08. The molecule has 0 aromatic heterocycles. The Morgan fingerprint density at radius 1 is 1.22 bits per heavy atom. The van der Waals surface area contributed by atoms with Crippen LogP contribution >= 0.6 is 0 Å². The molecular weight excluding hydrogens is 232 g/mol. The van der Waals surface area contributed by atoms with Gasteiger partial charge in [-0.15, -0.1) is 0 Å². The van der Waals surface area contributed by atoms with Gasteiger partial charge in [-0.2, -0.15) is 0 Å². The number of aliphatic carboxylic acids is 1. The molecule has 1 unspecified atom stereocenters. The van der Waals surface area contributed by atoms with Crippen molar-refractivity contribution in [2.24, 2.45) is 11.7 Å². The second-order valence-corrected chi connectivity index (χ2v) is 4.58. The monoisotopic (exact) mass is 258 g/mol. The summed E-state index contributed by atoms with van der Waals surface area (Å²) < 4.78 is 0. The number of nitrogens with two attached hydrogens (primary N) is 1. The largest absolute Gasteiger partial charge is 0.480 e. The summed E-state index contributed by atoms with van der Waals surface area (Å²) in [5.41, 5.74) is 5.35. The topological polar surface area (TPSA) is 92.4 Å². The van der Waals surface area contributed by atoms with Crippen molar-refractivity contribution in [1.82, 2.24) is 5.32 Å². The second-order valence-electron chi connectivity index (χ2n) is 4.58. The molecule has 4 N–H and O–H groups in total. The zero-order valence-corrected chi connectivity index (χ0v) is 11.4. The normalized spacial score (nSPS) is 13.9. The third kappa shape index (κ3) is 6.59. The first-order chi connectivity index (χ1) is 8.56. The summed E-state index contributed by atoms with van der Waals surface area (Å²) in [6.07, 6.45) is 4.59. The van der Waals surface area contributed by atoms with Crippen molar-refractivity contribution in [3.63, 3.8) is 0 Å². The van der Waals surface area contributed by atoms with Crippen LogP contribution in [-0.2, 0) is 9.59 Å². The average Bonchev–Trinajstić information content (AvgIpc) is 2.34. The maximum atomic E-state index is 12.0. The number of carboxylic acids is 1. The number of nitrogens with one attached hydrogen (secondary N) is 1. The van der Waals surface area contributed by atoms with Crippen LogP contribution in [0.1, 0.15) is 52.4 Å². The molecule has 5 heteroatoms. The summed E-state index contributed by atoms with van der Waals surface area (Å²) in [4.78, 5) is 23.0. The molecule has 0 spiro atoms.